The van der Waals surface area contributed by atoms with Gasteiger partial charge in [-0.3, -0.25) is 4.90 Å². The zero-order valence-corrected chi connectivity index (χ0v) is 51.2. The molecule has 0 aromatic heterocycles. The first kappa shape index (κ1) is 53.1. The maximum Gasteiger partial charge on any atom is 0.256 e. The summed E-state index contributed by atoms with van der Waals surface area (Å²) in [6.45, 7) is -0.569. The highest BCUT2D eigenvalue weighted by Gasteiger charge is 2.50. The number of hydrogen-bond acceptors (Lipinski definition) is 9. The lowest BCUT2D eigenvalue weighted by molar-refractivity contribution is 0.446. The molecular formula is C84H54B2N6O3. The molecule has 95 heavy (non-hydrogen) atoms. The van der Waals surface area contributed by atoms with E-state index in [2.05, 4.69) is 333 Å². The van der Waals surface area contributed by atoms with E-state index in [0.717, 1.165) is 148 Å². The number of anilines is 18. The molecule has 0 saturated carbocycles. The van der Waals surface area contributed by atoms with E-state index in [0.29, 0.717) is 5.75 Å². The van der Waals surface area contributed by atoms with Crippen LogP contribution in [0.5, 0.6) is 34.5 Å². The number of benzene rings is 14. The van der Waals surface area contributed by atoms with Crippen LogP contribution in [0.4, 0.5) is 102 Å². The van der Waals surface area contributed by atoms with Gasteiger partial charge in [0.15, 0.2) is 23.0 Å². The molecule has 0 radical (unpaired) electrons. The van der Waals surface area contributed by atoms with Crippen molar-refractivity contribution in [3.05, 3.63) is 328 Å². The van der Waals surface area contributed by atoms with Crippen molar-refractivity contribution in [2.75, 3.05) is 29.4 Å². The minimum Gasteiger partial charge on any atom is -0.458 e. The molecule has 6 heterocycles. The molecule has 0 spiro atoms. The van der Waals surface area contributed by atoms with Crippen LogP contribution in [0.25, 0.3) is 0 Å². The predicted molar refractivity (Wildman–Crippen MR) is 391 cm³/mol. The Morgan fingerprint density at radius 3 is 1.24 bits per heavy atom. The third kappa shape index (κ3) is 8.06. The van der Waals surface area contributed by atoms with E-state index in [1.807, 2.05) is 24.3 Å². The van der Waals surface area contributed by atoms with Crippen molar-refractivity contribution in [1.29, 1.82) is 0 Å². The highest BCUT2D eigenvalue weighted by molar-refractivity contribution is 7.02. The molecule has 11 heteroatoms. The van der Waals surface area contributed by atoms with Gasteiger partial charge in [0.25, 0.3) is 13.4 Å². The van der Waals surface area contributed by atoms with Crippen molar-refractivity contribution in [2.45, 2.75) is 0 Å². The fourth-order valence-corrected chi connectivity index (χ4v) is 15.7. The van der Waals surface area contributed by atoms with Crippen LogP contribution in [0.1, 0.15) is 0 Å². The second-order valence-corrected chi connectivity index (χ2v) is 24.7. The molecule has 0 atom stereocenters. The SMILES string of the molecule is c1ccc(N(c2ccccc2)c2cc3c4c(c2)N(c2ccccc2)c2c(ccc5c2Oc2cccc6c2N5c2ccccc2O6)B4c2cc4c(cc2O3)N(c2ccccc2)c2cc(N(c3ccccc3)c3ccccc3)cc3c2B4c2ccccc2N3c2ccccc2)cc1. The largest absolute Gasteiger partial charge is 0.458 e. The van der Waals surface area contributed by atoms with Crippen molar-refractivity contribution < 1.29 is 14.2 Å². The van der Waals surface area contributed by atoms with Crippen molar-refractivity contribution in [3.63, 3.8) is 0 Å². The molecule has 20 rings (SSSR count). The molecule has 14 aromatic rings. The van der Waals surface area contributed by atoms with Gasteiger partial charge in [-0.05, 0) is 172 Å². The third-order valence-corrected chi connectivity index (χ3v) is 19.5. The van der Waals surface area contributed by atoms with Gasteiger partial charge >= 0.3 is 0 Å². The van der Waals surface area contributed by atoms with Gasteiger partial charge in [0.2, 0.25) is 0 Å². The minimum absolute atomic E-state index is 0.219. The van der Waals surface area contributed by atoms with Crippen LogP contribution in [0.15, 0.2) is 328 Å². The first-order valence-electron chi connectivity index (χ1n) is 32.4. The van der Waals surface area contributed by atoms with Gasteiger partial charge in [0, 0.05) is 80.4 Å². The number of ether oxygens (including phenoxy) is 3. The minimum atomic E-state index is -0.350. The molecule has 0 fully saturated rings. The molecule has 9 nitrogen and oxygen atoms in total. The Bertz CT molecular complexity index is 5330. The van der Waals surface area contributed by atoms with Crippen molar-refractivity contribution >= 4 is 149 Å². The van der Waals surface area contributed by atoms with Gasteiger partial charge < -0.3 is 38.7 Å². The lowest BCUT2D eigenvalue weighted by Gasteiger charge is -2.46. The Morgan fingerprint density at radius 1 is 0.221 bits per heavy atom. The van der Waals surface area contributed by atoms with Gasteiger partial charge in [0.05, 0.1) is 28.4 Å². The van der Waals surface area contributed by atoms with Crippen molar-refractivity contribution in [2.24, 2.45) is 0 Å². The Kier molecular flexibility index (Phi) is 11.7. The summed E-state index contributed by atoms with van der Waals surface area (Å²) in [7, 11) is 0. The third-order valence-electron chi connectivity index (χ3n) is 19.5. The van der Waals surface area contributed by atoms with Crippen LogP contribution in [0.3, 0.4) is 0 Å². The molecule has 0 unspecified atom stereocenters. The summed E-state index contributed by atoms with van der Waals surface area (Å²) in [4.78, 5) is 14.5. The lowest BCUT2D eigenvalue weighted by Crippen LogP contribution is -2.64. The number of hydrogen-bond donors (Lipinski definition) is 0. The summed E-state index contributed by atoms with van der Waals surface area (Å²) in [5, 5.41) is 0. The Labute approximate surface area is 551 Å². The summed E-state index contributed by atoms with van der Waals surface area (Å²) >= 11 is 0. The zero-order valence-electron chi connectivity index (χ0n) is 51.2. The van der Waals surface area contributed by atoms with E-state index in [-0.39, 0.29) is 13.4 Å². The summed E-state index contributed by atoms with van der Waals surface area (Å²) in [6, 6.07) is 118. The molecule has 14 aromatic carbocycles. The Hall–Kier alpha value is -12.6. The first-order valence-corrected chi connectivity index (χ1v) is 32.4. The molecule has 6 aliphatic heterocycles. The average molecular weight is 1220 g/mol. The molecule has 0 bridgehead atoms. The lowest BCUT2D eigenvalue weighted by atomic mass is 9.30. The van der Waals surface area contributed by atoms with Crippen LogP contribution >= 0.6 is 0 Å². The molecule has 0 N–H and O–H groups in total. The van der Waals surface area contributed by atoms with E-state index in [1.165, 1.54) is 16.4 Å². The second-order valence-electron chi connectivity index (χ2n) is 24.7. The summed E-state index contributed by atoms with van der Waals surface area (Å²) < 4.78 is 22.1. The van der Waals surface area contributed by atoms with E-state index >= 15 is 0 Å². The monoisotopic (exact) mass is 1220 g/mol. The van der Waals surface area contributed by atoms with Gasteiger partial charge in [-0.1, -0.05) is 176 Å². The molecule has 444 valence electrons. The standard InChI is InChI=1S/C84H54B2N6O3/c1-8-27-55(28-9-1)87(56-29-10-2-11-30-56)62-49-72-80-73(50-62)90(60-37-18-6-19-38-60)71-54-78-67(53-66(71)85(80)64-41-22-23-42-68(64)89(72)59-35-16-5-17-36-59)86-65-47-48-70-84(95-77-46-26-45-76-83(77)92(70)69-43-24-25-44-75(69)93-76)82(65)91(61-39-20-7-21-40-61)74-51-63(52-79(94-78)81(74)86)88(57-31-12-3-13-32-57)58-33-14-4-15-34-58/h1-54H. The maximum absolute atomic E-state index is 7.86. The average Bonchev–Trinajstić information content (AvgIpc) is 0.691. The summed E-state index contributed by atoms with van der Waals surface area (Å²) in [5.74, 6) is 4.51. The maximum atomic E-state index is 7.86. The van der Waals surface area contributed by atoms with Crippen LogP contribution in [-0.2, 0) is 0 Å². The number of rotatable bonds is 9. The predicted octanol–water partition coefficient (Wildman–Crippen LogP) is 18.8. The van der Waals surface area contributed by atoms with Gasteiger partial charge in [0.1, 0.15) is 17.2 Å². The molecule has 0 amide bonds. The van der Waals surface area contributed by atoms with Gasteiger partial charge in [-0.25, -0.2) is 0 Å². The zero-order chi connectivity index (χ0) is 62.2. The molecule has 0 aliphatic carbocycles. The molecule has 6 aliphatic rings. The van der Waals surface area contributed by atoms with Crippen LogP contribution in [0, 0.1) is 0 Å². The van der Waals surface area contributed by atoms with E-state index < -0.39 is 0 Å². The smallest absolute Gasteiger partial charge is 0.256 e. The first-order chi connectivity index (χ1) is 47.2. The fourth-order valence-electron chi connectivity index (χ4n) is 15.7. The van der Waals surface area contributed by atoms with E-state index in [9.17, 15) is 0 Å². The normalized spacial score (nSPS) is 13.4. The number of fused-ring (bicyclic) bond motifs is 13. The van der Waals surface area contributed by atoms with Crippen LogP contribution < -0.4 is 76.4 Å². The van der Waals surface area contributed by atoms with Crippen LogP contribution in [0.2, 0.25) is 0 Å². The Morgan fingerprint density at radius 2 is 0.663 bits per heavy atom. The number of para-hydroxylation sites is 11. The summed E-state index contributed by atoms with van der Waals surface area (Å²) in [5.41, 5.74) is 25.0. The topological polar surface area (TPSA) is 47.1 Å². The van der Waals surface area contributed by atoms with Crippen molar-refractivity contribution in [3.8, 4) is 34.5 Å². The highest BCUT2D eigenvalue weighted by Crippen LogP contribution is 2.63. The highest BCUT2D eigenvalue weighted by atomic mass is 16.5. The fraction of sp³-hybridized carbons (Fsp3) is 0. The van der Waals surface area contributed by atoms with Gasteiger partial charge in [-0.2, -0.15) is 0 Å². The summed E-state index contributed by atoms with van der Waals surface area (Å²) in [6.07, 6.45) is 0. The van der Waals surface area contributed by atoms with Crippen molar-refractivity contribution in [1.82, 2.24) is 0 Å². The number of nitrogens with zero attached hydrogens (tertiary/aromatic N) is 6. The Balaban J connectivity index is 0.886. The molecule has 0 saturated heterocycles. The van der Waals surface area contributed by atoms with Gasteiger partial charge in [-0.15, -0.1) is 0 Å². The van der Waals surface area contributed by atoms with E-state index in [4.69, 9.17) is 14.2 Å². The molecular weight excluding hydrogens is 1160 g/mol. The van der Waals surface area contributed by atoms with E-state index in [1.54, 1.807) is 0 Å². The quantitative estimate of drug-likeness (QED) is 0.132. The second kappa shape index (κ2) is 21.0. The van der Waals surface area contributed by atoms with Crippen LogP contribution in [-0.4, -0.2) is 13.4 Å².